The molecular formula is C19H24N4O3. The average molecular weight is 356 g/mol. The number of aromatic nitrogens is 3. The Morgan fingerprint density at radius 1 is 1.46 bits per heavy atom. The van der Waals surface area contributed by atoms with Gasteiger partial charge in [0.15, 0.2) is 0 Å². The summed E-state index contributed by atoms with van der Waals surface area (Å²) in [6, 6.07) is 5.81. The molecular weight excluding hydrogens is 332 g/mol. The van der Waals surface area contributed by atoms with Gasteiger partial charge in [-0.05, 0) is 25.0 Å². The highest BCUT2D eigenvalue weighted by Gasteiger charge is 2.45. The van der Waals surface area contributed by atoms with Gasteiger partial charge in [0.1, 0.15) is 0 Å². The smallest absolute Gasteiger partial charge is 0.257 e. The molecule has 1 spiro atoms. The van der Waals surface area contributed by atoms with Gasteiger partial charge in [-0.25, -0.2) is 0 Å². The van der Waals surface area contributed by atoms with Crippen LogP contribution in [0.5, 0.6) is 0 Å². The molecule has 0 unspecified atom stereocenters. The number of nitrogens with zero attached hydrogens (tertiary/aromatic N) is 4. The van der Waals surface area contributed by atoms with E-state index in [1.54, 1.807) is 23.3 Å². The SMILES string of the molecule is Cn1cc(C(=O)N2CCC[C@]3(C[C@H](OCc4ccccn4)CO3)C2)cn1. The second-order valence-electron chi connectivity index (χ2n) is 7.19. The third-order valence-corrected chi connectivity index (χ3v) is 5.15. The number of ether oxygens (including phenoxy) is 2. The first-order chi connectivity index (χ1) is 12.6. The molecule has 2 aromatic rings. The number of pyridine rings is 1. The first kappa shape index (κ1) is 17.2. The quantitative estimate of drug-likeness (QED) is 0.835. The van der Waals surface area contributed by atoms with Crippen molar-refractivity contribution in [2.45, 2.75) is 37.6 Å². The van der Waals surface area contributed by atoms with Crippen molar-refractivity contribution in [1.29, 1.82) is 0 Å². The molecule has 138 valence electrons. The minimum absolute atomic E-state index is 0.0265. The monoisotopic (exact) mass is 356 g/mol. The summed E-state index contributed by atoms with van der Waals surface area (Å²) in [7, 11) is 1.82. The number of aryl methyl sites for hydroxylation is 1. The van der Waals surface area contributed by atoms with Gasteiger partial charge < -0.3 is 14.4 Å². The normalized spacial score (nSPS) is 25.7. The van der Waals surface area contributed by atoms with E-state index in [1.165, 1.54) is 0 Å². The molecule has 4 rings (SSSR count). The van der Waals surface area contributed by atoms with Gasteiger partial charge in [0.05, 0.1) is 48.9 Å². The molecule has 2 aromatic heterocycles. The van der Waals surface area contributed by atoms with E-state index in [0.29, 0.717) is 25.3 Å². The van der Waals surface area contributed by atoms with Gasteiger partial charge in [0.25, 0.3) is 5.91 Å². The molecule has 2 aliphatic heterocycles. The van der Waals surface area contributed by atoms with E-state index in [9.17, 15) is 4.79 Å². The average Bonchev–Trinajstić information content (AvgIpc) is 3.27. The van der Waals surface area contributed by atoms with Crippen LogP contribution in [-0.4, -0.2) is 57.0 Å². The summed E-state index contributed by atoms with van der Waals surface area (Å²) in [6.45, 7) is 2.44. The summed E-state index contributed by atoms with van der Waals surface area (Å²) in [6.07, 6.45) is 7.93. The van der Waals surface area contributed by atoms with Crippen LogP contribution in [0.25, 0.3) is 0 Å². The molecule has 7 heteroatoms. The van der Waals surface area contributed by atoms with Crippen LogP contribution in [0.3, 0.4) is 0 Å². The van der Waals surface area contributed by atoms with Gasteiger partial charge in [-0.1, -0.05) is 6.07 Å². The lowest BCUT2D eigenvalue weighted by Crippen LogP contribution is -2.50. The van der Waals surface area contributed by atoms with Gasteiger partial charge in [-0.15, -0.1) is 0 Å². The van der Waals surface area contributed by atoms with E-state index < -0.39 is 0 Å². The Hall–Kier alpha value is -2.25. The van der Waals surface area contributed by atoms with Gasteiger partial charge in [-0.3, -0.25) is 14.5 Å². The number of amides is 1. The Morgan fingerprint density at radius 3 is 3.15 bits per heavy atom. The number of carbonyl (C=O) groups is 1. The van der Waals surface area contributed by atoms with Crippen LogP contribution >= 0.6 is 0 Å². The first-order valence-electron chi connectivity index (χ1n) is 9.07. The zero-order valence-electron chi connectivity index (χ0n) is 15.0. The molecule has 2 saturated heterocycles. The Balaban J connectivity index is 1.35. The van der Waals surface area contributed by atoms with Crippen molar-refractivity contribution in [3.05, 3.63) is 48.0 Å². The van der Waals surface area contributed by atoms with Crippen LogP contribution in [-0.2, 0) is 23.1 Å². The topological polar surface area (TPSA) is 69.5 Å². The highest BCUT2D eigenvalue weighted by Crippen LogP contribution is 2.36. The second kappa shape index (κ2) is 7.17. The van der Waals surface area contributed by atoms with Crippen LogP contribution in [0.2, 0.25) is 0 Å². The fraction of sp³-hybridized carbons (Fsp3) is 0.526. The van der Waals surface area contributed by atoms with E-state index in [2.05, 4.69) is 10.1 Å². The van der Waals surface area contributed by atoms with Crippen molar-refractivity contribution < 1.29 is 14.3 Å². The maximum atomic E-state index is 12.7. The molecule has 1 amide bonds. The molecule has 7 nitrogen and oxygen atoms in total. The Morgan fingerprint density at radius 2 is 2.38 bits per heavy atom. The van der Waals surface area contributed by atoms with Crippen LogP contribution in [0.15, 0.2) is 36.8 Å². The molecule has 2 fully saturated rings. The molecule has 4 heterocycles. The number of hydrogen-bond acceptors (Lipinski definition) is 5. The van der Waals surface area contributed by atoms with Gasteiger partial charge in [0.2, 0.25) is 0 Å². The minimum atomic E-state index is -0.287. The molecule has 0 radical (unpaired) electrons. The number of hydrogen-bond donors (Lipinski definition) is 0. The fourth-order valence-corrected chi connectivity index (χ4v) is 3.87. The first-order valence-corrected chi connectivity index (χ1v) is 9.07. The van der Waals surface area contributed by atoms with Crippen molar-refractivity contribution in [1.82, 2.24) is 19.7 Å². The molecule has 2 atom stereocenters. The second-order valence-corrected chi connectivity index (χ2v) is 7.19. The maximum absolute atomic E-state index is 12.7. The molecule has 0 saturated carbocycles. The summed E-state index contributed by atoms with van der Waals surface area (Å²) in [5, 5.41) is 4.10. The third-order valence-electron chi connectivity index (χ3n) is 5.15. The zero-order valence-corrected chi connectivity index (χ0v) is 15.0. The molecule has 0 aliphatic carbocycles. The Labute approximate surface area is 152 Å². The van der Waals surface area contributed by atoms with Crippen molar-refractivity contribution >= 4 is 5.91 Å². The summed E-state index contributed by atoms with van der Waals surface area (Å²) in [4.78, 5) is 18.9. The molecule has 26 heavy (non-hydrogen) atoms. The van der Waals surface area contributed by atoms with Crippen LogP contribution < -0.4 is 0 Å². The zero-order chi connectivity index (χ0) is 18.0. The maximum Gasteiger partial charge on any atom is 0.257 e. The standard InChI is InChI=1S/C19H24N4O3/c1-22-11-15(10-21-22)18(24)23-8-4-6-19(14-23)9-17(13-26-19)25-12-16-5-2-3-7-20-16/h2-3,5,7,10-11,17H,4,6,8-9,12-14H2,1H3/t17-,19-/m0/s1. The van der Waals surface area contributed by atoms with Crippen molar-refractivity contribution in [2.24, 2.45) is 7.05 Å². The molecule has 0 bridgehead atoms. The predicted molar refractivity (Wildman–Crippen MR) is 94.5 cm³/mol. The lowest BCUT2D eigenvalue weighted by atomic mass is 9.89. The van der Waals surface area contributed by atoms with E-state index in [0.717, 1.165) is 31.5 Å². The molecule has 0 aromatic carbocycles. The van der Waals surface area contributed by atoms with E-state index in [4.69, 9.17) is 9.47 Å². The van der Waals surface area contributed by atoms with Crippen LogP contribution in [0, 0.1) is 0 Å². The highest BCUT2D eigenvalue weighted by molar-refractivity contribution is 5.93. The summed E-state index contributed by atoms with van der Waals surface area (Å²) in [5.74, 6) is 0.0265. The number of carbonyl (C=O) groups excluding carboxylic acids is 1. The van der Waals surface area contributed by atoms with E-state index in [1.807, 2.05) is 30.1 Å². The largest absolute Gasteiger partial charge is 0.370 e. The summed E-state index contributed by atoms with van der Waals surface area (Å²) >= 11 is 0. The predicted octanol–water partition coefficient (Wildman–Crippen LogP) is 1.80. The summed E-state index contributed by atoms with van der Waals surface area (Å²) < 4.78 is 13.8. The number of likely N-dealkylation sites (tertiary alicyclic amines) is 1. The van der Waals surface area contributed by atoms with Crippen LogP contribution in [0.4, 0.5) is 0 Å². The Kier molecular flexibility index (Phi) is 4.74. The van der Waals surface area contributed by atoms with Gasteiger partial charge in [0, 0.05) is 32.4 Å². The molecule has 2 aliphatic rings. The minimum Gasteiger partial charge on any atom is -0.370 e. The lowest BCUT2D eigenvalue weighted by molar-refractivity contribution is -0.0466. The van der Waals surface area contributed by atoms with E-state index >= 15 is 0 Å². The highest BCUT2D eigenvalue weighted by atomic mass is 16.6. The van der Waals surface area contributed by atoms with Crippen molar-refractivity contribution in [3.8, 4) is 0 Å². The van der Waals surface area contributed by atoms with Crippen LogP contribution in [0.1, 0.15) is 35.3 Å². The van der Waals surface area contributed by atoms with Crippen molar-refractivity contribution in [2.75, 3.05) is 19.7 Å². The Bertz CT molecular complexity index is 763. The van der Waals surface area contributed by atoms with Gasteiger partial charge >= 0.3 is 0 Å². The number of rotatable bonds is 4. The van der Waals surface area contributed by atoms with Crippen molar-refractivity contribution in [3.63, 3.8) is 0 Å². The number of piperidine rings is 1. The van der Waals surface area contributed by atoms with Gasteiger partial charge in [-0.2, -0.15) is 5.10 Å². The summed E-state index contributed by atoms with van der Waals surface area (Å²) in [5.41, 5.74) is 1.27. The van der Waals surface area contributed by atoms with E-state index in [-0.39, 0.29) is 17.6 Å². The fourth-order valence-electron chi connectivity index (χ4n) is 3.87. The third kappa shape index (κ3) is 3.64. The lowest BCUT2D eigenvalue weighted by Gasteiger charge is -2.39. The molecule has 0 N–H and O–H groups in total.